The Morgan fingerprint density at radius 2 is 1.89 bits per heavy atom. The van der Waals surface area contributed by atoms with E-state index in [1.54, 1.807) is 14.2 Å². The fraction of sp³-hybridized carbons (Fsp3) is 0.429. The third-order valence-electron chi connectivity index (χ3n) is 4.90. The van der Waals surface area contributed by atoms with E-state index >= 15 is 0 Å². The molecule has 27 heavy (non-hydrogen) atoms. The second kappa shape index (κ2) is 8.63. The highest BCUT2D eigenvalue weighted by atomic mass is 16.5. The Morgan fingerprint density at radius 1 is 1.15 bits per heavy atom. The topological polar surface area (TPSA) is 70.4 Å². The molecule has 142 valence electrons. The Kier molecular flexibility index (Phi) is 6.02. The molecule has 6 nitrogen and oxygen atoms in total. The van der Waals surface area contributed by atoms with Gasteiger partial charge in [0.1, 0.15) is 17.7 Å². The minimum absolute atomic E-state index is 0.616. The molecule has 0 unspecified atom stereocenters. The van der Waals surface area contributed by atoms with Gasteiger partial charge in [0.2, 0.25) is 0 Å². The molecule has 0 bridgehead atoms. The Morgan fingerprint density at radius 3 is 2.56 bits per heavy atom. The number of ether oxygens (including phenoxy) is 2. The van der Waals surface area contributed by atoms with Crippen LogP contribution in [0.15, 0.2) is 24.3 Å². The summed E-state index contributed by atoms with van der Waals surface area (Å²) in [4.78, 5) is 7.01. The van der Waals surface area contributed by atoms with Gasteiger partial charge in [-0.1, -0.05) is 6.07 Å². The van der Waals surface area contributed by atoms with Crippen molar-refractivity contribution in [2.24, 2.45) is 0 Å². The highest BCUT2D eigenvalue weighted by Gasteiger charge is 2.17. The maximum Gasteiger partial charge on any atom is 0.160 e. The fourth-order valence-corrected chi connectivity index (χ4v) is 3.39. The number of nitriles is 1. The van der Waals surface area contributed by atoms with Crippen LogP contribution in [0.2, 0.25) is 0 Å². The maximum atomic E-state index is 9.52. The number of rotatable bonds is 7. The van der Waals surface area contributed by atoms with Gasteiger partial charge < -0.3 is 19.7 Å². The first-order chi connectivity index (χ1) is 13.2. The Hall–Kier alpha value is -2.94. The molecule has 2 heterocycles. The molecule has 1 aromatic heterocycles. The number of methoxy groups -OCH3 is 2. The monoisotopic (exact) mass is 366 g/mol. The summed E-state index contributed by atoms with van der Waals surface area (Å²) in [5, 5.41) is 12.9. The molecule has 1 aromatic carbocycles. The molecule has 1 N–H and O–H groups in total. The van der Waals surface area contributed by atoms with E-state index in [0.717, 1.165) is 48.0 Å². The zero-order chi connectivity index (χ0) is 19.2. The lowest BCUT2D eigenvalue weighted by Crippen LogP contribution is -2.20. The van der Waals surface area contributed by atoms with Crippen molar-refractivity contribution < 1.29 is 9.47 Å². The summed E-state index contributed by atoms with van der Waals surface area (Å²) in [5.74, 6) is 3.06. The lowest BCUT2D eigenvalue weighted by atomic mass is 10.1. The predicted octanol–water partition coefficient (Wildman–Crippen LogP) is 3.53. The standard InChI is InChI=1S/C21H26N4O2/c1-15-12-20(25-10-4-5-11-25)24-21(17(15)14-22)23-9-8-16-6-7-18(26-2)19(13-16)27-3/h6-7,12-13H,4-5,8-11H2,1-3H3,(H,23,24). The second-order valence-corrected chi connectivity index (χ2v) is 6.69. The van der Waals surface area contributed by atoms with Crippen LogP contribution in [0.3, 0.4) is 0 Å². The number of pyridine rings is 1. The van der Waals surface area contributed by atoms with Crippen LogP contribution in [-0.2, 0) is 6.42 Å². The number of aryl methyl sites for hydroxylation is 1. The molecular formula is C21H26N4O2. The molecule has 3 rings (SSSR count). The predicted molar refractivity (Wildman–Crippen MR) is 107 cm³/mol. The summed E-state index contributed by atoms with van der Waals surface area (Å²) in [6.07, 6.45) is 3.19. The zero-order valence-corrected chi connectivity index (χ0v) is 16.2. The van der Waals surface area contributed by atoms with Crippen LogP contribution in [0, 0.1) is 18.3 Å². The summed E-state index contributed by atoms with van der Waals surface area (Å²) in [5.41, 5.74) is 2.71. The van der Waals surface area contributed by atoms with Crippen LogP contribution >= 0.6 is 0 Å². The van der Waals surface area contributed by atoms with Gasteiger partial charge in [0.15, 0.2) is 11.5 Å². The molecule has 6 heteroatoms. The average Bonchev–Trinajstić information content (AvgIpc) is 3.22. The number of aromatic nitrogens is 1. The summed E-state index contributed by atoms with van der Waals surface area (Å²) >= 11 is 0. The average molecular weight is 366 g/mol. The highest BCUT2D eigenvalue weighted by Crippen LogP contribution is 2.28. The van der Waals surface area contributed by atoms with E-state index in [4.69, 9.17) is 14.5 Å². The van der Waals surface area contributed by atoms with E-state index in [-0.39, 0.29) is 0 Å². The summed E-state index contributed by atoms with van der Waals surface area (Å²) in [6, 6.07) is 10.2. The smallest absolute Gasteiger partial charge is 0.160 e. The van der Waals surface area contributed by atoms with Crippen LogP contribution in [0.5, 0.6) is 11.5 Å². The van der Waals surface area contributed by atoms with Crippen LogP contribution in [0.4, 0.5) is 11.6 Å². The number of nitrogens with one attached hydrogen (secondary N) is 1. The zero-order valence-electron chi connectivity index (χ0n) is 16.2. The van der Waals surface area contributed by atoms with Crippen molar-refractivity contribution in [1.82, 2.24) is 4.98 Å². The van der Waals surface area contributed by atoms with Gasteiger partial charge >= 0.3 is 0 Å². The van der Waals surface area contributed by atoms with Crippen molar-refractivity contribution in [2.75, 3.05) is 44.1 Å². The largest absolute Gasteiger partial charge is 0.493 e. The van der Waals surface area contributed by atoms with E-state index in [0.29, 0.717) is 17.9 Å². The number of nitrogens with zero attached hydrogens (tertiary/aromatic N) is 3. The summed E-state index contributed by atoms with van der Waals surface area (Å²) in [7, 11) is 3.26. The SMILES string of the molecule is COc1ccc(CCNc2nc(N3CCCC3)cc(C)c2C#N)cc1OC. The number of anilines is 2. The molecule has 1 aliphatic heterocycles. The van der Waals surface area contributed by atoms with Crippen molar-refractivity contribution in [3.05, 3.63) is 41.0 Å². The molecule has 0 saturated carbocycles. The molecule has 1 fully saturated rings. The molecule has 0 radical (unpaired) electrons. The van der Waals surface area contributed by atoms with Gasteiger partial charge in [-0.05, 0) is 55.5 Å². The molecule has 0 amide bonds. The number of benzene rings is 1. The highest BCUT2D eigenvalue weighted by molar-refractivity contribution is 5.61. The van der Waals surface area contributed by atoms with Gasteiger partial charge in [-0.15, -0.1) is 0 Å². The molecule has 2 aromatic rings. The number of hydrogen-bond donors (Lipinski definition) is 1. The molecule has 1 saturated heterocycles. The van der Waals surface area contributed by atoms with E-state index < -0.39 is 0 Å². The van der Waals surface area contributed by atoms with Gasteiger partial charge in [0.05, 0.1) is 19.8 Å². The molecule has 0 spiro atoms. The van der Waals surface area contributed by atoms with Gasteiger partial charge in [-0.2, -0.15) is 5.26 Å². The summed E-state index contributed by atoms with van der Waals surface area (Å²) < 4.78 is 10.6. The number of hydrogen-bond acceptors (Lipinski definition) is 6. The third-order valence-corrected chi connectivity index (χ3v) is 4.90. The molecule has 0 atom stereocenters. The maximum absolute atomic E-state index is 9.52. The van der Waals surface area contributed by atoms with Gasteiger partial charge in [-0.25, -0.2) is 4.98 Å². The van der Waals surface area contributed by atoms with E-state index in [9.17, 15) is 5.26 Å². The van der Waals surface area contributed by atoms with E-state index in [1.807, 2.05) is 31.2 Å². The van der Waals surface area contributed by atoms with E-state index in [2.05, 4.69) is 16.3 Å². The molecule has 0 aliphatic carbocycles. The van der Waals surface area contributed by atoms with Gasteiger partial charge in [-0.3, -0.25) is 0 Å². The summed E-state index contributed by atoms with van der Waals surface area (Å²) in [6.45, 7) is 4.71. The minimum atomic E-state index is 0.616. The van der Waals surface area contributed by atoms with Crippen molar-refractivity contribution in [1.29, 1.82) is 5.26 Å². The Bertz CT molecular complexity index is 839. The van der Waals surface area contributed by atoms with Crippen LogP contribution in [0.25, 0.3) is 0 Å². The molecular weight excluding hydrogens is 340 g/mol. The van der Waals surface area contributed by atoms with Gasteiger partial charge in [0.25, 0.3) is 0 Å². The lowest BCUT2D eigenvalue weighted by molar-refractivity contribution is 0.354. The second-order valence-electron chi connectivity index (χ2n) is 6.69. The van der Waals surface area contributed by atoms with Crippen molar-refractivity contribution in [3.8, 4) is 17.6 Å². The van der Waals surface area contributed by atoms with Crippen molar-refractivity contribution in [3.63, 3.8) is 0 Å². The third kappa shape index (κ3) is 4.25. The van der Waals surface area contributed by atoms with Crippen LogP contribution < -0.4 is 19.7 Å². The van der Waals surface area contributed by atoms with Gasteiger partial charge in [0, 0.05) is 19.6 Å². The minimum Gasteiger partial charge on any atom is -0.493 e. The first kappa shape index (κ1) is 18.8. The molecule has 1 aliphatic rings. The van der Waals surface area contributed by atoms with Crippen molar-refractivity contribution in [2.45, 2.75) is 26.2 Å². The first-order valence-corrected chi connectivity index (χ1v) is 9.27. The Labute approximate surface area is 160 Å². The van der Waals surface area contributed by atoms with Crippen LogP contribution in [-0.4, -0.2) is 38.8 Å². The van der Waals surface area contributed by atoms with Crippen LogP contribution in [0.1, 0.15) is 29.5 Å². The first-order valence-electron chi connectivity index (χ1n) is 9.27. The quantitative estimate of drug-likeness (QED) is 0.808. The van der Waals surface area contributed by atoms with Crippen molar-refractivity contribution >= 4 is 11.6 Å². The normalized spacial score (nSPS) is 13.3. The lowest BCUT2D eigenvalue weighted by Gasteiger charge is -2.19. The Balaban J connectivity index is 1.72. The fourth-order valence-electron chi connectivity index (χ4n) is 3.39. The van der Waals surface area contributed by atoms with E-state index in [1.165, 1.54) is 12.8 Å².